The molecule has 0 saturated heterocycles. The predicted octanol–water partition coefficient (Wildman–Crippen LogP) is 0.721. The van der Waals surface area contributed by atoms with E-state index < -0.39 is 10.0 Å². The van der Waals surface area contributed by atoms with Crippen molar-refractivity contribution < 1.29 is 13.2 Å². The van der Waals surface area contributed by atoms with Gasteiger partial charge in [-0.3, -0.25) is 0 Å². The van der Waals surface area contributed by atoms with Crippen molar-refractivity contribution in [2.24, 2.45) is 0 Å². The van der Waals surface area contributed by atoms with Crippen molar-refractivity contribution >= 4 is 10.0 Å². The summed E-state index contributed by atoms with van der Waals surface area (Å²) in [5, 5.41) is 3.17. The molecular weight excluding hydrogens is 240 g/mol. The highest BCUT2D eigenvalue weighted by atomic mass is 32.2. The summed E-state index contributed by atoms with van der Waals surface area (Å²) < 4.78 is 31.1. The molecule has 17 heavy (non-hydrogen) atoms. The van der Waals surface area contributed by atoms with Crippen LogP contribution in [0.5, 0.6) is 0 Å². The minimum atomic E-state index is -3.16. The van der Waals surface area contributed by atoms with E-state index in [0.29, 0.717) is 13.0 Å². The number of hydrogen-bond donors (Lipinski definition) is 2. The van der Waals surface area contributed by atoms with E-state index in [-0.39, 0.29) is 11.8 Å². The first kappa shape index (κ1) is 16.8. The summed E-state index contributed by atoms with van der Waals surface area (Å²) in [6, 6.07) is -0.112. The van der Waals surface area contributed by atoms with E-state index >= 15 is 0 Å². The molecule has 0 fully saturated rings. The van der Waals surface area contributed by atoms with Crippen LogP contribution in [0.25, 0.3) is 0 Å². The van der Waals surface area contributed by atoms with E-state index in [4.69, 9.17) is 4.74 Å². The SMILES string of the molecule is CCNCCCCS(=O)(=O)NC(CC)COC. The minimum Gasteiger partial charge on any atom is -0.383 e. The van der Waals surface area contributed by atoms with E-state index in [1.165, 1.54) is 0 Å². The third-order valence-electron chi connectivity index (χ3n) is 2.47. The number of unbranched alkanes of at least 4 members (excludes halogenated alkanes) is 1. The van der Waals surface area contributed by atoms with Crippen LogP contribution in [-0.4, -0.2) is 47.0 Å². The number of hydrogen-bond acceptors (Lipinski definition) is 4. The van der Waals surface area contributed by atoms with Crippen LogP contribution >= 0.6 is 0 Å². The molecule has 1 unspecified atom stereocenters. The van der Waals surface area contributed by atoms with Crippen LogP contribution in [0.2, 0.25) is 0 Å². The van der Waals surface area contributed by atoms with Crippen molar-refractivity contribution in [1.82, 2.24) is 10.0 Å². The van der Waals surface area contributed by atoms with Crippen molar-refractivity contribution in [3.8, 4) is 0 Å². The van der Waals surface area contributed by atoms with Crippen molar-refractivity contribution in [2.45, 2.75) is 39.2 Å². The zero-order valence-corrected chi connectivity index (χ0v) is 12.0. The second-order valence-corrected chi connectivity index (χ2v) is 5.93. The van der Waals surface area contributed by atoms with Gasteiger partial charge in [0.05, 0.1) is 12.4 Å². The molecule has 0 aromatic rings. The first-order chi connectivity index (χ1) is 8.05. The van der Waals surface area contributed by atoms with Crippen LogP contribution < -0.4 is 10.0 Å². The zero-order valence-electron chi connectivity index (χ0n) is 11.2. The fourth-order valence-electron chi connectivity index (χ4n) is 1.47. The molecule has 0 bridgehead atoms. The molecule has 6 heteroatoms. The lowest BCUT2D eigenvalue weighted by atomic mass is 10.3. The second-order valence-electron chi connectivity index (χ2n) is 4.06. The Morgan fingerprint density at radius 2 is 1.94 bits per heavy atom. The molecule has 0 aliphatic heterocycles. The molecule has 0 aromatic carbocycles. The number of ether oxygens (including phenoxy) is 1. The monoisotopic (exact) mass is 266 g/mol. The molecular formula is C11H26N2O3S. The fourth-order valence-corrected chi connectivity index (χ4v) is 2.91. The maximum absolute atomic E-state index is 11.7. The van der Waals surface area contributed by atoms with E-state index in [1.807, 2.05) is 13.8 Å². The number of rotatable bonds is 11. The highest BCUT2D eigenvalue weighted by Gasteiger charge is 2.15. The Balaban J connectivity index is 3.85. The van der Waals surface area contributed by atoms with Gasteiger partial charge in [0.1, 0.15) is 0 Å². The zero-order chi connectivity index (χ0) is 13.1. The van der Waals surface area contributed by atoms with Crippen molar-refractivity contribution in [3.63, 3.8) is 0 Å². The van der Waals surface area contributed by atoms with Gasteiger partial charge in [0.25, 0.3) is 0 Å². The van der Waals surface area contributed by atoms with Gasteiger partial charge in [0, 0.05) is 13.2 Å². The number of methoxy groups -OCH3 is 1. The summed E-state index contributed by atoms with van der Waals surface area (Å²) in [4.78, 5) is 0. The number of sulfonamides is 1. The predicted molar refractivity (Wildman–Crippen MR) is 70.7 cm³/mol. The molecule has 0 aliphatic carbocycles. The van der Waals surface area contributed by atoms with E-state index in [1.54, 1.807) is 7.11 Å². The molecule has 2 N–H and O–H groups in total. The molecule has 5 nitrogen and oxygen atoms in total. The van der Waals surface area contributed by atoms with E-state index in [2.05, 4.69) is 10.0 Å². The Hall–Kier alpha value is -0.170. The lowest BCUT2D eigenvalue weighted by molar-refractivity contribution is 0.173. The highest BCUT2D eigenvalue weighted by Crippen LogP contribution is 1.99. The number of nitrogens with one attached hydrogen (secondary N) is 2. The van der Waals surface area contributed by atoms with Gasteiger partial charge in [-0.15, -0.1) is 0 Å². The van der Waals surface area contributed by atoms with E-state index in [0.717, 1.165) is 25.9 Å². The first-order valence-electron chi connectivity index (χ1n) is 6.25. The molecule has 0 radical (unpaired) electrons. The lowest BCUT2D eigenvalue weighted by Crippen LogP contribution is -2.38. The smallest absolute Gasteiger partial charge is 0.211 e. The first-order valence-corrected chi connectivity index (χ1v) is 7.90. The van der Waals surface area contributed by atoms with Crippen LogP contribution in [0.1, 0.15) is 33.1 Å². The van der Waals surface area contributed by atoms with Gasteiger partial charge >= 0.3 is 0 Å². The molecule has 0 saturated carbocycles. The highest BCUT2D eigenvalue weighted by molar-refractivity contribution is 7.89. The second kappa shape index (κ2) is 9.82. The maximum Gasteiger partial charge on any atom is 0.211 e. The molecule has 104 valence electrons. The Morgan fingerprint density at radius 1 is 1.24 bits per heavy atom. The van der Waals surface area contributed by atoms with Gasteiger partial charge in [-0.05, 0) is 32.4 Å². The van der Waals surface area contributed by atoms with Crippen molar-refractivity contribution in [3.05, 3.63) is 0 Å². The molecule has 0 heterocycles. The van der Waals surface area contributed by atoms with Crippen molar-refractivity contribution in [1.29, 1.82) is 0 Å². The van der Waals surface area contributed by atoms with E-state index in [9.17, 15) is 8.42 Å². The third kappa shape index (κ3) is 9.52. The summed E-state index contributed by atoms with van der Waals surface area (Å²) >= 11 is 0. The van der Waals surface area contributed by atoms with Gasteiger partial charge in [-0.1, -0.05) is 13.8 Å². The van der Waals surface area contributed by atoms with Crippen LogP contribution in [-0.2, 0) is 14.8 Å². The Kier molecular flexibility index (Phi) is 9.72. The van der Waals surface area contributed by atoms with Crippen LogP contribution in [0, 0.1) is 0 Å². The summed E-state index contributed by atoms with van der Waals surface area (Å²) in [6.07, 6.45) is 2.31. The van der Waals surface area contributed by atoms with Gasteiger partial charge < -0.3 is 10.1 Å². The molecule has 0 rings (SSSR count). The summed E-state index contributed by atoms with van der Waals surface area (Å²) in [6.45, 7) is 6.21. The van der Waals surface area contributed by atoms with Crippen molar-refractivity contribution in [2.75, 3.05) is 32.6 Å². The summed E-state index contributed by atoms with van der Waals surface area (Å²) in [5.41, 5.74) is 0. The van der Waals surface area contributed by atoms with Gasteiger partial charge in [-0.25, -0.2) is 13.1 Å². The average Bonchev–Trinajstić information content (AvgIpc) is 2.28. The quantitative estimate of drug-likeness (QED) is 0.541. The largest absolute Gasteiger partial charge is 0.383 e. The standard InChI is InChI=1S/C11H26N2O3S/c1-4-11(10-16-3)13-17(14,15)9-7-6-8-12-5-2/h11-13H,4-10H2,1-3H3. The summed E-state index contributed by atoms with van der Waals surface area (Å²) in [7, 11) is -1.58. The Morgan fingerprint density at radius 3 is 2.47 bits per heavy atom. The van der Waals surface area contributed by atoms with Gasteiger partial charge in [0.2, 0.25) is 10.0 Å². The normalized spacial score (nSPS) is 13.8. The summed E-state index contributed by atoms with van der Waals surface area (Å²) in [5.74, 6) is 0.193. The lowest BCUT2D eigenvalue weighted by Gasteiger charge is -2.15. The Labute approximate surface area is 105 Å². The average molecular weight is 266 g/mol. The van der Waals surface area contributed by atoms with Gasteiger partial charge in [0.15, 0.2) is 0 Å². The molecule has 1 atom stereocenters. The van der Waals surface area contributed by atoms with Crippen LogP contribution in [0.15, 0.2) is 0 Å². The molecule has 0 amide bonds. The molecule has 0 aliphatic rings. The van der Waals surface area contributed by atoms with Crippen LogP contribution in [0.3, 0.4) is 0 Å². The topological polar surface area (TPSA) is 67.4 Å². The third-order valence-corrected chi connectivity index (χ3v) is 3.99. The Bertz CT molecular complexity index is 268. The van der Waals surface area contributed by atoms with Crippen LogP contribution in [0.4, 0.5) is 0 Å². The minimum absolute atomic E-state index is 0.112. The molecule has 0 aromatic heterocycles. The molecule has 0 spiro atoms. The van der Waals surface area contributed by atoms with Gasteiger partial charge in [-0.2, -0.15) is 0 Å². The maximum atomic E-state index is 11.7. The fraction of sp³-hybridized carbons (Fsp3) is 1.00.